The van der Waals surface area contributed by atoms with Gasteiger partial charge in [-0.3, -0.25) is 4.79 Å². The van der Waals surface area contributed by atoms with Crippen molar-refractivity contribution in [2.24, 2.45) is 11.0 Å². The Morgan fingerprint density at radius 2 is 1.75 bits per heavy atom. The molecule has 8 heteroatoms. The van der Waals surface area contributed by atoms with Crippen molar-refractivity contribution in [3.63, 3.8) is 0 Å². The van der Waals surface area contributed by atoms with Crippen molar-refractivity contribution < 1.29 is 17.9 Å². The maximum atomic E-state index is 12.6. The van der Waals surface area contributed by atoms with Gasteiger partial charge in [0.15, 0.2) is 0 Å². The number of hydrogen-bond acceptors (Lipinski definition) is 5. The van der Waals surface area contributed by atoms with Gasteiger partial charge in [-0.2, -0.15) is 9.82 Å². The van der Waals surface area contributed by atoms with Crippen LogP contribution in [0.25, 0.3) is 0 Å². The van der Waals surface area contributed by atoms with Crippen LogP contribution in [0.2, 0.25) is 0 Å². The number of nitrogens with zero attached hydrogens (tertiary/aromatic N) is 1. The van der Waals surface area contributed by atoms with Crippen molar-refractivity contribution in [3.8, 4) is 5.75 Å². The Bertz CT molecular complexity index is 938. The second kappa shape index (κ2) is 9.48. The molecule has 2 aromatic carbocycles. The van der Waals surface area contributed by atoms with Gasteiger partial charge in [0.25, 0.3) is 5.91 Å². The molecular weight excluding hydrogens is 378 g/mol. The van der Waals surface area contributed by atoms with Crippen LogP contribution in [0, 0.1) is 12.8 Å². The first-order valence-corrected chi connectivity index (χ1v) is 10.3. The Kier molecular flexibility index (Phi) is 7.31. The fraction of sp³-hybridized carbons (Fsp3) is 0.300. The first kappa shape index (κ1) is 21.6. The lowest BCUT2D eigenvalue weighted by Gasteiger charge is -2.20. The van der Waals surface area contributed by atoms with Crippen LogP contribution >= 0.6 is 0 Å². The normalized spacial score (nSPS) is 12.9. The van der Waals surface area contributed by atoms with E-state index < -0.39 is 22.0 Å². The lowest BCUT2D eigenvalue weighted by molar-refractivity contribution is -0.123. The highest BCUT2D eigenvalue weighted by molar-refractivity contribution is 7.89. The van der Waals surface area contributed by atoms with Gasteiger partial charge in [-0.25, -0.2) is 13.8 Å². The Morgan fingerprint density at radius 3 is 2.36 bits per heavy atom. The third-order valence-corrected chi connectivity index (χ3v) is 5.54. The van der Waals surface area contributed by atoms with E-state index in [1.165, 1.54) is 18.3 Å². The molecule has 28 heavy (non-hydrogen) atoms. The van der Waals surface area contributed by atoms with Crippen LogP contribution in [0.3, 0.4) is 0 Å². The zero-order valence-electron chi connectivity index (χ0n) is 16.3. The zero-order chi connectivity index (χ0) is 20.7. The molecule has 1 amide bonds. The molecule has 0 saturated heterocycles. The van der Waals surface area contributed by atoms with Crippen LogP contribution in [-0.2, 0) is 14.8 Å². The lowest BCUT2D eigenvalue weighted by atomic mass is 10.1. The van der Waals surface area contributed by atoms with Gasteiger partial charge in [0, 0.05) is 5.56 Å². The van der Waals surface area contributed by atoms with Crippen molar-refractivity contribution in [2.75, 3.05) is 7.11 Å². The Balaban J connectivity index is 2.11. The molecule has 0 aliphatic heterocycles. The Morgan fingerprint density at radius 1 is 1.11 bits per heavy atom. The number of nitrogens with one attached hydrogen (secondary N) is 2. The molecule has 0 heterocycles. The van der Waals surface area contributed by atoms with Gasteiger partial charge in [-0.1, -0.05) is 43.7 Å². The third-order valence-electron chi connectivity index (χ3n) is 4.08. The molecule has 0 unspecified atom stereocenters. The minimum absolute atomic E-state index is 0.106. The van der Waals surface area contributed by atoms with E-state index >= 15 is 0 Å². The van der Waals surface area contributed by atoms with Crippen molar-refractivity contribution in [3.05, 3.63) is 59.7 Å². The number of hydrogen-bond donors (Lipinski definition) is 2. The van der Waals surface area contributed by atoms with Gasteiger partial charge >= 0.3 is 0 Å². The summed E-state index contributed by atoms with van der Waals surface area (Å²) in [5.74, 6) is -0.209. The topological polar surface area (TPSA) is 96.9 Å². The summed E-state index contributed by atoms with van der Waals surface area (Å²) in [5.41, 5.74) is 4.03. The SMILES string of the molecule is COc1ccccc1/C=N\NC(=O)[C@@H](NS(=O)(=O)c1ccc(C)cc1)C(C)C. The van der Waals surface area contributed by atoms with Gasteiger partial charge in [0.05, 0.1) is 18.2 Å². The van der Waals surface area contributed by atoms with Crippen LogP contribution in [0.4, 0.5) is 0 Å². The number of carbonyl (C=O) groups excluding carboxylic acids is 1. The first-order valence-electron chi connectivity index (χ1n) is 8.79. The first-order chi connectivity index (χ1) is 13.2. The smallest absolute Gasteiger partial charge is 0.258 e. The summed E-state index contributed by atoms with van der Waals surface area (Å²) in [4.78, 5) is 12.6. The minimum atomic E-state index is -3.84. The number of sulfonamides is 1. The molecule has 0 fully saturated rings. The molecule has 0 radical (unpaired) electrons. The highest BCUT2D eigenvalue weighted by Crippen LogP contribution is 2.15. The van der Waals surface area contributed by atoms with Gasteiger partial charge in [-0.05, 0) is 37.1 Å². The summed E-state index contributed by atoms with van der Waals surface area (Å²) in [6.07, 6.45) is 1.45. The average molecular weight is 404 g/mol. The number of aryl methyl sites for hydroxylation is 1. The van der Waals surface area contributed by atoms with Crippen molar-refractivity contribution in [1.82, 2.24) is 10.1 Å². The van der Waals surface area contributed by atoms with Gasteiger partial charge in [0.1, 0.15) is 11.8 Å². The number of benzene rings is 2. The summed E-state index contributed by atoms with van der Waals surface area (Å²) >= 11 is 0. The number of rotatable bonds is 8. The van der Waals surface area contributed by atoms with E-state index in [1.807, 2.05) is 19.1 Å². The standard InChI is InChI=1S/C20H25N3O4S/c1-14(2)19(23-28(25,26)17-11-9-15(3)10-12-17)20(24)22-21-13-16-7-5-6-8-18(16)27-4/h5-14,19,23H,1-4H3,(H,22,24)/b21-13-/t19-/m0/s1. The van der Waals surface area contributed by atoms with Crippen LogP contribution < -0.4 is 14.9 Å². The van der Waals surface area contributed by atoms with Gasteiger partial charge in [0.2, 0.25) is 10.0 Å². The Hall–Kier alpha value is -2.71. The second-order valence-electron chi connectivity index (χ2n) is 6.63. The van der Waals surface area contributed by atoms with E-state index in [0.717, 1.165) is 5.56 Å². The molecule has 0 spiro atoms. The number of para-hydroxylation sites is 1. The van der Waals surface area contributed by atoms with Gasteiger partial charge in [-0.15, -0.1) is 0 Å². The van der Waals surface area contributed by atoms with Crippen molar-refractivity contribution in [1.29, 1.82) is 0 Å². The number of hydrazone groups is 1. The molecule has 2 aromatic rings. The highest BCUT2D eigenvalue weighted by atomic mass is 32.2. The molecule has 2 rings (SSSR count). The maximum Gasteiger partial charge on any atom is 0.258 e. The predicted octanol–water partition coefficient (Wildman–Crippen LogP) is 2.46. The minimum Gasteiger partial charge on any atom is -0.496 e. The summed E-state index contributed by atoms with van der Waals surface area (Å²) in [7, 11) is -2.30. The fourth-order valence-corrected chi connectivity index (χ4v) is 3.80. The molecule has 7 nitrogen and oxygen atoms in total. The highest BCUT2D eigenvalue weighted by Gasteiger charge is 2.28. The zero-order valence-corrected chi connectivity index (χ0v) is 17.2. The van der Waals surface area contributed by atoms with Crippen LogP contribution in [-0.4, -0.2) is 33.7 Å². The summed E-state index contributed by atoms with van der Waals surface area (Å²) < 4.78 is 32.9. The van der Waals surface area contributed by atoms with E-state index in [-0.39, 0.29) is 10.8 Å². The summed E-state index contributed by atoms with van der Waals surface area (Å²) in [5, 5.41) is 3.93. The largest absolute Gasteiger partial charge is 0.496 e. The van der Waals surface area contributed by atoms with Gasteiger partial charge < -0.3 is 4.74 Å². The van der Waals surface area contributed by atoms with E-state index in [4.69, 9.17) is 4.74 Å². The number of amides is 1. The summed E-state index contributed by atoms with van der Waals surface area (Å²) in [6.45, 7) is 5.38. The summed E-state index contributed by atoms with van der Waals surface area (Å²) in [6, 6.07) is 12.7. The van der Waals surface area contributed by atoms with E-state index in [0.29, 0.717) is 11.3 Å². The number of carbonyl (C=O) groups is 1. The molecular formula is C20H25N3O4S. The monoisotopic (exact) mass is 403 g/mol. The predicted molar refractivity (Wildman–Crippen MR) is 109 cm³/mol. The molecule has 0 bridgehead atoms. The molecule has 0 aliphatic carbocycles. The van der Waals surface area contributed by atoms with Crippen LogP contribution in [0.5, 0.6) is 5.75 Å². The fourth-order valence-electron chi connectivity index (χ4n) is 2.45. The molecule has 0 saturated carbocycles. The third kappa shape index (κ3) is 5.64. The quantitative estimate of drug-likeness (QED) is 0.523. The molecule has 0 aromatic heterocycles. The molecule has 1 atom stereocenters. The average Bonchev–Trinajstić information content (AvgIpc) is 2.66. The molecule has 2 N–H and O–H groups in total. The van der Waals surface area contributed by atoms with E-state index in [9.17, 15) is 13.2 Å². The molecule has 0 aliphatic rings. The molecule has 150 valence electrons. The number of methoxy groups -OCH3 is 1. The maximum absolute atomic E-state index is 12.6. The van der Waals surface area contributed by atoms with Crippen molar-refractivity contribution >= 4 is 22.1 Å². The van der Waals surface area contributed by atoms with Crippen LogP contribution in [0.15, 0.2) is 58.5 Å². The number of ether oxygens (including phenoxy) is 1. The second-order valence-corrected chi connectivity index (χ2v) is 8.35. The van der Waals surface area contributed by atoms with Crippen LogP contribution in [0.1, 0.15) is 25.0 Å². The Labute approximate surface area is 165 Å². The lowest BCUT2D eigenvalue weighted by Crippen LogP contribution is -2.48. The van der Waals surface area contributed by atoms with E-state index in [1.54, 1.807) is 45.2 Å². The van der Waals surface area contributed by atoms with Crippen molar-refractivity contribution in [2.45, 2.75) is 31.7 Å². The van der Waals surface area contributed by atoms with E-state index in [2.05, 4.69) is 15.2 Å².